The van der Waals surface area contributed by atoms with Crippen molar-refractivity contribution in [1.82, 2.24) is 5.32 Å². The Labute approximate surface area is 184 Å². The average Bonchev–Trinajstić information content (AvgIpc) is 2.78. The van der Waals surface area contributed by atoms with Crippen molar-refractivity contribution in [2.75, 3.05) is 0 Å². The van der Waals surface area contributed by atoms with E-state index in [1.54, 1.807) is 0 Å². The summed E-state index contributed by atoms with van der Waals surface area (Å²) in [6.07, 6.45) is 4.90. The second-order valence-electron chi connectivity index (χ2n) is 8.23. The monoisotopic (exact) mass is 415 g/mol. The minimum Gasteiger partial charge on any atom is -0.346 e. The van der Waals surface area contributed by atoms with E-state index in [1.165, 1.54) is 52.0 Å². The molecule has 0 bridgehead atoms. The highest BCUT2D eigenvalue weighted by Crippen LogP contribution is 2.25. The van der Waals surface area contributed by atoms with Gasteiger partial charge in [-0.3, -0.25) is 4.79 Å². The fourth-order valence-electron chi connectivity index (χ4n) is 3.94. The van der Waals surface area contributed by atoms with E-state index < -0.39 is 0 Å². The highest BCUT2D eigenvalue weighted by molar-refractivity contribution is 7.98. The molecule has 1 atom stereocenters. The van der Waals surface area contributed by atoms with E-state index >= 15 is 0 Å². The minimum absolute atomic E-state index is 0.00139. The van der Waals surface area contributed by atoms with Crippen molar-refractivity contribution in [3.63, 3.8) is 0 Å². The van der Waals surface area contributed by atoms with Crippen LogP contribution in [0.3, 0.4) is 0 Å². The first-order chi connectivity index (χ1) is 14.6. The van der Waals surface area contributed by atoms with Crippen LogP contribution < -0.4 is 5.32 Å². The van der Waals surface area contributed by atoms with Gasteiger partial charge in [-0.1, -0.05) is 48.0 Å². The molecule has 2 nitrogen and oxygen atoms in total. The van der Waals surface area contributed by atoms with Crippen LogP contribution in [0.4, 0.5) is 0 Å². The molecular weight excluding hydrogens is 386 g/mol. The SMILES string of the molecule is Cc1ccc(SCc2ccc(C(=O)N[C@H](C)c3ccc4c(c3)CCCC4)cc2)cc1. The number of amides is 1. The molecule has 0 aliphatic heterocycles. The van der Waals surface area contributed by atoms with E-state index in [2.05, 4.69) is 73.8 Å². The van der Waals surface area contributed by atoms with Gasteiger partial charge in [0, 0.05) is 16.2 Å². The van der Waals surface area contributed by atoms with E-state index in [9.17, 15) is 4.79 Å². The van der Waals surface area contributed by atoms with Crippen molar-refractivity contribution in [2.45, 2.75) is 56.2 Å². The van der Waals surface area contributed by atoms with Gasteiger partial charge in [-0.05, 0) is 86.1 Å². The number of rotatable bonds is 6. The lowest BCUT2D eigenvalue weighted by Crippen LogP contribution is -2.26. The molecule has 3 aromatic rings. The van der Waals surface area contributed by atoms with Crippen LogP contribution in [0.5, 0.6) is 0 Å². The summed E-state index contributed by atoms with van der Waals surface area (Å²) in [7, 11) is 0. The highest BCUT2D eigenvalue weighted by Gasteiger charge is 2.15. The number of thioether (sulfide) groups is 1. The van der Waals surface area contributed by atoms with Gasteiger partial charge in [0.05, 0.1) is 6.04 Å². The predicted molar refractivity (Wildman–Crippen MR) is 126 cm³/mol. The molecule has 0 saturated heterocycles. The molecule has 0 saturated carbocycles. The maximum Gasteiger partial charge on any atom is 0.251 e. The Morgan fingerprint density at radius 1 is 0.933 bits per heavy atom. The van der Waals surface area contributed by atoms with Gasteiger partial charge in [0.25, 0.3) is 5.91 Å². The lowest BCUT2D eigenvalue weighted by atomic mass is 9.89. The van der Waals surface area contributed by atoms with E-state index in [0.717, 1.165) is 12.2 Å². The zero-order valence-corrected chi connectivity index (χ0v) is 18.6. The summed E-state index contributed by atoms with van der Waals surface area (Å²) < 4.78 is 0. The van der Waals surface area contributed by atoms with E-state index in [4.69, 9.17) is 0 Å². The molecule has 0 radical (unpaired) electrons. The van der Waals surface area contributed by atoms with Crippen LogP contribution in [0.2, 0.25) is 0 Å². The fourth-order valence-corrected chi connectivity index (χ4v) is 4.79. The predicted octanol–water partition coefficient (Wildman–Crippen LogP) is 6.66. The average molecular weight is 416 g/mol. The Hall–Kier alpha value is -2.52. The second kappa shape index (κ2) is 9.53. The van der Waals surface area contributed by atoms with Crippen LogP contribution in [-0.4, -0.2) is 5.91 Å². The molecule has 30 heavy (non-hydrogen) atoms. The molecular formula is C27H29NOS. The summed E-state index contributed by atoms with van der Waals surface area (Å²) in [5.41, 5.74) is 7.33. The molecule has 1 aliphatic carbocycles. The van der Waals surface area contributed by atoms with Crippen molar-refractivity contribution in [2.24, 2.45) is 0 Å². The molecule has 1 amide bonds. The lowest BCUT2D eigenvalue weighted by molar-refractivity contribution is 0.0940. The van der Waals surface area contributed by atoms with Crippen molar-refractivity contribution in [3.8, 4) is 0 Å². The number of fused-ring (bicyclic) bond motifs is 1. The maximum atomic E-state index is 12.7. The smallest absolute Gasteiger partial charge is 0.251 e. The van der Waals surface area contributed by atoms with Crippen molar-refractivity contribution in [1.29, 1.82) is 0 Å². The van der Waals surface area contributed by atoms with E-state index in [1.807, 2.05) is 23.9 Å². The van der Waals surface area contributed by atoms with Gasteiger partial charge < -0.3 is 5.32 Å². The molecule has 0 heterocycles. The third kappa shape index (κ3) is 5.14. The zero-order chi connectivity index (χ0) is 20.9. The van der Waals surface area contributed by atoms with Crippen LogP contribution in [0, 0.1) is 6.92 Å². The highest BCUT2D eigenvalue weighted by atomic mass is 32.2. The molecule has 3 heteroatoms. The standard InChI is InChI=1S/C27H29NOS/c1-19-7-15-26(16-8-19)30-18-21-9-11-23(12-10-21)27(29)28-20(2)24-14-13-22-5-3-4-6-25(22)17-24/h7-17,20H,3-6,18H2,1-2H3,(H,28,29)/t20-/m1/s1. The fraction of sp³-hybridized carbons (Fsp3) is 0.296. The molecule has 0 fully saturated rings. The maximum absolute atomic E-state index is 12.7. The van der Waals surface area contributed by atoms with Crippen molar-refractivity contribution >= 4 is 17.7 Å². The Balaban J connectivity index is 1.34. The Morgan fingerprint density at radius 3 is 2.37 bits per heavy atom. The summed E-state index contributed by atoms with van der Waals surface area (Å²) in [6.45, 7) is 4.17. The van der Waals surface area contributed by atoms with Crippen molar-refractivity contribution < 1.29 is 4.79 Å². The quantitative estimate of drug-likeness (QED) is 0.456. The largest absolute Gasteiger partial charge is 0.346 e. The molecule has 154 valence electrons. The molecule has 0 unspecified atom stereocenters. The number of carbonyl (C=O) groups excluding carboxylic acids is 1. The molecule has 0 aromatic heterocycles. The number of hydrogen-bond acceptors (Lipinski definition) is 2. The Morgan fingerprint density at radius 2 is 1.63 bits per heavy atom. The number of hydrogen-bond donors (Lipinski definition) is 1. The van der Waals surface area contributed by atoms with Gasteiger partial charge in [0.1, 0.15) is 0 Å². The first kappa shape index (κ1) is 20.7. The van der Waals surface area contributed by atoms with Gasteiger partial charge in [-0.15, -0.1) is 11.8 Å². The summed E-state index contributed by atoms with van der Waals surface area (Å²) in [6, 6.07) is 23.3. The van der Waals surface area contributed by atoms with Gasteiger partial charge in [0.2, 0.25) is 0 Å². The van der Waals surface area contributed by atoms with Gasteiger partial charge in [0.15, 0.2) is 0 Å². The zero-order valence-electron chi connectivity index (χ0n) is 17.8. The Kier molecular flexibility index (Phi) is 6.59. The lowest BCUT2D eigenvalue weighted by Gasteiger charge is -2.20. The third-order valence-corrected chi connectivity index (χ3v) is 6.95. The minimum atomic E-state index is -0.0158. The van der Waals surface area contributed by atoms with Crippen LogP contribution in [0.25, 0.3) is 0 Å². The summed E-state index contributed by atoms with van der Waals surface area (Å²) in [5, 5.41) is 3.16. The number of aryl methyl sites for hydroxylation is 3. The Bertz CT molecular complexity index is 1010. The van der Waals surface area contributed by atoms with Crippen molar-refractivity contribution in [3.05, 3.63) is 100 Å². The molecule has 1 N–H and O–H groups in total. The summed E-state index contributed by atoms with van der Waals surface area (Å²) >= 11 is 1.81. The topological polar surface area (TPSA) is 29.1 Å². The number of benzene rings is 3. The molecule has 3 aromatic carbocycles. The first-order valence-electron chi connectivity index (χ1n) is 10.8. The normalized spacial score (nSPS) is 14.1. The second-order valence-corrected chi connectivity index (χ2v) is 9.28. The first-order valence-corrected chi connectivity index (χ1v) is 11.8. The van der Waals surface area contributed by atoms with Gasteiger partial charge in [-0.25, -0.2) is 0 Å². The van der Waals surface area contributed by atoms with Gasteiger partial charge >= 0.3 is 0 Å². The van der Waals surface area contributed by atoms with E-state index in [0.29, 0.717) is 5.56 Å². The summed E-state index contributed by atoms with van der Waals surface area (Å²) in [4.78, 5) is 14.0. The van der Waals surface area contributed by atoms with Gasteiger partial charge in [-0.2, -0.15) is 0 Å². The van der Waals surface area contributed by atoms with Crippen LogP contribution in [-0.2, 0) is 18.6 Å². The number of carbonyl (C=O) groups is 1. The molecule has 0 spiro atoms. The third-order valence-electron chi connectivity index (χ3n) is 5.86. The van der Waals surface area contributed by atoms with Crippen LogP contribution in [0.1, 0.15) is 64.0 Å². The molecule has 4 rings (SSSR count). The molecule has 1 aliphatic rings. The van der Waals surface area contributed by atoms with Crippen LogP contribution in [0.15, 0.2) is 71.6 Å². The summed E-state index contributed by atoms with van der Waals surface area (Å²) in [5.74, 6) is 0.884. The van der Waals surface area contributed by atoms with Crippen LogP contribution >= 0.6 is 11.8 Å². The number of nitrogens with one attached hydrogen (secondary N) is 1. The van der Waals surface area contributed by atoms with E-state index in [-0.39, 0.29) is 11.9 Å².